The molecule has 2 rings (SSSR count). The van der Waals surface area contributed by atoms with Gasteiger partial charge in [0.05, 0.1) is 5.69 Å². The largest absolute Gasteiger partial charge is 0.316 e. The highest BCUT2D eigenvalue weighted by Gasteiger charge is 2.15. The topological polar surface area (TPSA) is 41.1 Å². The molecule has 0 spiro atoms. The highest BCUT2D eigenvalue weighted by molar-refractivity contribution is 6.28. The predicted molar refractivity (Wildman–Crippen MR) is 69.0 cm³/mol. The summed E-state index contributed by atoms with van der Waals surface area (Å²) >= 11 is 5.77. The van der Waals surface area contributed by atoms with Crippen molar-refractivity contribution < 1.29 is 0 Å². The summed E-state index contributed by atoms with van der Waals surface area (Å²) in [6.07, 6.45) is 4.32. The SMILES string of the molecule is CN(Cc1ccnc(Cl)n1)C[C@@H]1CCCNC1. The van der Waals surface area contributed by atoms with E-state index in [0.29, 0.717) is 5.28 Å². The average molecular weight is 255 g/mol. The van der Waals surface area contributed by atoms with Gasteiger partial charge >= 0.3 is 0 Å². The summed E-state index contributed by atoms with van der Waals surface area (Å²) in [6, 6.07) is 1.92. The van der Waals surface area contributed by atoms with Gasteiger partial charge in [0.15, 0.2) is 0 Å². The van der Waals surface area contributed by atoms with Crippen LogP contribution >= 0.6 is 11.6 Å². The van der Waals surface area contributed by atoms with Crippen molar-refractivity contribution in [3.05, 3.63) is 23.2 Å². The summed E-state index contributed by atoms with van der Waals surface area (Å²) in [7, 11) is 2.13. The van der Waals surface area contributed by atoms with Crippen LogP contribution in [0.3, 0.4) is 0 Å². The molecule has 0 saturated carbocycles. The standard InChI is InChI=1S/C12H19ClN4/c1-17(8-10-3-2-5-14-7-10)9-11-4-6-15-12(13)16-11/h4,6,10,14H,2-3,5,7-9H2,1H3/t10-/m1/s1. The van der Waals surface area contributed by atoms with Crippen molar-refractivity contribution in [1.29, 1.82) is 0 Å². The first-order chi connectivity index (χ1) is 8.24. The fraction of sp³-hybridized carbons (Fsp3) is 0.667. The number of piperidine rings is 1. The van der Waals surface area contributed by atoms with E-state index < -0.39 is 0 Å². The molecule has 0 aromatic carbocycles. The lowest BCUT2D eigenvalue weighted by Gasteiger charge is -2.27. The highest BCUT2D eigenvalue weighted by Crippen LogP contribution is 2.12. The summed E-state index contributed by atoms with van der Waals surface area (Å²) in [5.41, 5.74) is 0.983. The Morgan fingerprint density at radius 2 is 2.47 bits per heavy atom. The lowest BCUT2D eigenvalue weighted by molar-refractivity contribution is 0.235. The molecule has 1 aromatic rings. The second-order valence-corrected chi connectivity index (χ2v) is 5.06. The van der Waals surface area contributed by atoms with Gasteiger partial charge in [0.25, 0.3) is 0 Å². The predicted octanol–water partition coefficient (Wildman–Crippen LogP) is 1.56. The molecule has 2 heterocycles. The minimum absolute atomic E-state index is 0.329. The lowest BCUT2D eigenvalue weighted by Crippen LogP contribution is -2.36. The van der Waals surface area contributed by atoms with Crippen LogP contribution < -0.4 is 5.32 Å². The van der Waals surface area contributed by atoms with E-state index in [4.69, 9.17) is 11.6 Å². The Hall–Kier alpha value is -0.710. The van der Waals surface area contributed by atoms with Crippen LogP contribution in [0.25, 0.3) is 0 Å². The maximum Gasteiger partial charge on any atom is 0.222 e. The Labute approximate surface area is 107 Å². The maximum atomic E-state index is 5.77. The molecule has 94 valence electrons. The first-order valence-electron chi connectivity index (χ1n) is 6.11. The van der Waals surface area contributed by atoms with Gasteiger partial charge in [0, 0.05) is 19.3 Å². The molecule has 4 nitrogen and oxygen atoms in total. The molecular weight excluding hydrogens is 236 g/mol. The maximum absolute atomic E-state index is 5.77. The number of halogens is 1. The summed E-state index contributed by atoms with van der Waals surface area (Å²) in [4.78, 5) is 10.4. The van der Waals surface area contributed by atoms with Gasteiger partial charge < -0.3 is 10.2 Å². The van der Waals surface area contributed by atoms with Gasteiger partial charge in [-0.2, -0.15) is 0 Å². The monoisotopic (exact) mass is 254 g/mol. The highest BCUT2D eigenvalue weighted by atomic mass is 35.5. The Morgan fingerprint density at radius 3 is 3.18 bits per heavy atom. The van der Waals surface area contributed by atoms with Crippen LogP contribution in [-0.4, -0.2) is 41.5 Å². The van der Waals surface area contributed by atoms with Crippen LogP contribution in [0.5, 0.6) is 0 Å². The van der Waals surface area contributed by atoms with Crippen LogP contribution in [0.1, 0.15) is 18.5 Å². The number of aromatic nitrogens is 2. The molecule has 1 saturated heterocycles. The Balaban J connectivity index is 1.82. The van der Waals surface area contributed by atoms with Crippen molar-refractivity contribution in [2.75, 3.05) is 26.7 Å². The van der Waals surface area contributed by atoms with Crippen molar-refractivity contribution in [2.45, 2.75) is 19.4 Å². The molecule has 1 aliphatic rings. The molecule has 1 aromatic heterocycles. The smallest absolute Gasteiger partial charge is 0.222 e. The first kappa shape index (κ1) is 12.7. The minimum Gasteiger partial charge on any atom is -0.316 e. The number of nitrogens with one attached hydrogen (secondary N) is 1. The van der Waals surface area contributed by atoms with Crippen molar-refractivity contribution >= 4 is 11.6 Å². The summed E-state index contributed by atoms with van der Waals surface area (Å²) < 4.78 is 0. The van der Waals surface area contributed by atoms with Crippen molar-refractivity contribution in [2.24, 2.45) is 5.92 Å². The normalized spacial score (nSPS) is 20.8. The molecule has 0 aliphatic carbocycles. The molecule has 1 N–H and O–H groups in total. The molecule has 0 bridgehead atoms. The second-order valence-electron chi connectivity index (χ2n) is 4.73. The molecule has 1 atom stereocenters. The van der Waals surface area contributed by atoms with E-state index in [9.17, 15) is 0 Å². The third-order valence-electron chi connectivity index (χ3n) is 3.08. The third kappa shape index (κ3) is 4.22. The second kappa shape index (κ2) is 6.28. The zero-order valence-electron chi connectivity index (χ0n) is 10.2. The number of rotatable bonds is 4. The van der Waals surface area contributed by atoms with E-state index in [1.807, 2.05) is 6.07 Å². The molecule has 0 unspecified atom stereocenters. The molecule has 0 radical (unpaired) electrons. The van der Waals surface area contributed by atoms with Crippen LogP contribution in [-0.2, 0) is 6.54 Å². The average Bonchev–Trinajstić information content (AvgIpc) is 2.30. The van der Waals surface area contributed by atoms with Crippen LogP contribution in [0.2, 0.25) is 5.28 Å². The molecule has 5 heteroatoms. The van der Waals surface area contributed by atoms with Crippen molar-refractivity contribution in [3.63, 3.8) is 0 Å². The molecule has 17 heavy (non-hydrogen) atoms. The van der Waals surface area contributed by atoms with Gasteiger partial charge in [-0.15, -0.1) is 0 Å². The zero-order chi connectivity index (χ0) is 12.1. The van der Waals surface area contributed by atoms with Gasteiger partial charge in [-0.25, -0.2) is 9.97 Å². The van der Waals surface area contributed by atoms with Gasteiger partial charge in [0.1, 0.15) is 0 Å². The van der Waals surface area contributed by atoms with Crippen LogP contribution in [0.4, 0.5) is 0 Å². The van der Waals surface area contributed by atoms with Crippen molar-refractivity contribution in [3.8, 4) is 0 Å². The molecule has 0 amide bonds. The summed E-state index contributed by atoms with van der Waals surface area (Å²) in [5.74, 6) is 0.756. The number of hydrogen-bond donors (Lipinski definition) is 1. The fourth-order valence-corrected chi connectivity index (χ4v) is 2.48. The Kier molecular flexibility index (Phi) is 4.71. The van der Waals surface area contributed by atoms with Crippen LogP contribution in [0, 0.1) is 5.92 Å². The van der Waals surface area contributed by atoms with E-state index in [2.05, 4.69) is 27.2 Å². The zero-order valence-corrected chi connectivity index (χ0v) is 11.0. The number of hydrogen-bond acceptors (Lipinski definition) is 4. The molecular formula is C12H19ClN4. The number of nitrogens with zero attached hydrogens (tertiary/aromatic N) is 3. The van der Waals surface area contributed by atoms with Gasteiger partial charge in [-0.3, -0.25) is 0 Å². The van der Waals surface area contributed by atoms with E-state index in [-0.39, 0.29) is 0 Å². The van der Waals surface area contributed by atoms with E-state index >= 15 is 0 Å². The third-order valence-corrected chi connectivity index (χ3v) is 3.27. The fourth-order valence-electron chi connectivity index (χ4n) is 2.32. The van der Waals surface area contributed by atoms with E-state index in [1.165, 1.54) is 19.4 Å². The summed E-state index contributed by atoms with van der Waals surface area (Å²) in [5, 5.41) is 3.77. The lowest BCUT2D eigenvalue weighted by atomic mass is 9.99. The van der Waals surface area contributed by atoms with Crippen LogP contribution in [0.15, 0.2) is 12.3 Å². The van der Waals surface area contributed by atoms with Gasteiger partial charge in [-0.1, -0.05) is 0 Å². The quantitative estimate of drug-likeness (QED) is 0.828. The van der Waals surface area contributed by atoms with Crippen molar-refractivity contribution in [1.82, 2.24) is 20.2 Å². The van der Waals surface area contributed by atoms with Gasteiger partial charge in [0.2, 0.25) is 5.28 Å². The molecule has 1 fully saturated rings. The Bertz CT molecular complexity index is 352. The van der Waals surface area contributed by atoms with E-state index in [0.717, 1.165) is 31.2 Å². The Morgan fingerprint density at radius 1 is 1.59 bits per heavy atom. The molecule has 1 aliphatic heterocycles. The van der Waals surface area contributed by atoms with E-state index in [1.54, 1.807) is 6.20 Å². The first-order valence-corrected chi connectivity index (χ1v) is 6.48. The summed E-state index contributed by atoms with van der Waals surface area (Å²) in [6.45, 7) is 4.24. The van der Waals surface area contributed by atoms with Gasteiger partial charge in [-0.05, 0) is 56.6 Å². The minimum atomic E-state index is 0.329.